The van der Waals surface area contributed by atoms with Gasteiger partial charge in [0.05, 0.1) is 6.04 Å². The summed E-state index contributed by atoms with van der Waals surface area (Å²) in [5.41, 5.74) is 6.06. The summed E-state index contributed by atoms with van der Waals surface area (Å²) in [5.74, 6) is 0. The third-order valence-electron chi connectivity index (χ3n) is 5.21. The summed E-state index contributed by atoms with van der Waals surface area (Å²) in [7, 11) is 0. The van der Waals surface area contributed by atoms with Crippen molar-refractivity contribution in [2.75, 3.05) is 0 Å². The van der Waals surface area contributed by atoms with Gasteiger partial charge in [-0.25, -0.2) is 4.79 Å². The molecule has 3 nitrogen and oxygen atoms in total. The van der Waals surface area contributed by atoms with Gasteiger partial charge in [-0.05, 0) is 52.5 Å². The number of hydrogen-bond acceptors (Lipinski definition) is 1. The number of nitrogens with one attached hydrogen (secondary N) is 1. The summed E-state index contributed by atoms with van der Waals surface area (Å²) in [6.07, 6.45) is 2.03. The van der Waals surface area contributed by atoms with E-state index in [1.54, 1.807) is 0 Å². The van der Waals surface area contributed by atoms with E-state index in [0.717, 1.165) is 24.8 Å². The first-order chi connectivity index (χ1) is 11.4. The first kappa shape index (κ1) is 16.6. The summed E-state index contributed by atoms with van der Waals surface area (Å²) in [6, 6.07) is 14.9. The molecule has 1 amide bonds. The van der Waals surface area contributed by atoms with Crippen LogP contribution in [0.2, 0.25) is 0 Å². The number of amides is 1. The van der Waals surface area contributed by atoms with Crippen molar-refractivity contribution in [2.45, 2.75) is 46.1 Å². The van der Waals surface area contributed by atoms with Crippen molar-refractivity contribution < 1.29 is 9.90 Å². The van der Waals surface area contributed by atoms with Crippen molar-refractivity contribution in [1.82, 2.24) is 5.32 Å². The van der Waals surface area contributed by atoms with Crippen molar-refractivity contribution in [3.05, 3.63) is 59.2 Å². The molecule has 0 heterocycles. The maximum atomic E-state index is 11.2. The highest BCUT2D eigenvalue weighted by Gasteiger charge is 2.36. The van der Waals surface area contributed by atoms with Crippen molar-refractivity contribution in [3.8, 4) is 11.1 Å². The Bertz CT molecular complexity index is 764. The monoisotopic (exact) mass is 323 g/mol. The van der Waals surface area contributed by atoms with E-state index in [4.69, 9.17) is 0 Å². The molecule has 0 saturated heterocycles. The lowest BCUT2D eigenvalue weighted by Gasteiger charge is -2.40. The van der Waals surface area contributed by atoms with Crippen LogP contribution in [0.25, 0.3) is 11.1 Å². The molecule has 0 spiro atoms. The van der Waals surface area contributed by atoms with Crippen LogP contribution in [0.4, 0.5) is 4.79 Å². The van der Waals surface area contributed by atoms with Gasteiger partial charge in [0.25, 0.3) is 0 Å². The molecule has 0 aromatic heterocycles. The standard InChI is InChI=1S/C21H25NO2/c1-4-14-6-5-7-15(12-14)16-8-9-18-17(13-16)10-11-21(2,3)19(18)22-20(23)24/h5-9,12-13,19,22H,4,10-11H2,1-3H3,(H,23,24)/t19-/m0/s1. The van der Waals surface area contributed by atoms with Gasteiger partial charge in [-0.15, -0.1) is 0 Å². The first-order valence-electron chi connectivity index (χ1n) is 8.62. The number of aryl methyl sites for hydroxylation is 2. The minimum atomic E-state index is -0.958. The first-order valence-corrected chi connectivity index (χ1v) is 8.62. The molecule has 2 N–H and O–H groups in total. The summed E-state index contributed by atoms with van der Waals surface area (Å²) < 4.78 is 0. The van der Waals surface area contributed by atoms with E-state index < -0.39 is 6.09 Å². The van der Waals surface area contributed by atoms with Crippen LogP contribution >= 0.6 is 0 Å². The zero-order valence-electron chi connectivity index (χ0n) is 14.6. The second-order valence-electron chi connectivity index (χ2n) is 7.34. The molecule has 24 heavy (non-hydrogen) atoms. The average Bonchev–Trinajstić information content (AvgIpc) is 2.57. The molecule has 0 aliphatic heterocycles. The van der Waals surface area contributed by atoms with Crippen LogP contribution in [-0.4, -0.2) is 11.2 Å². The zero-order valence-corrected chi connectivity index (χ0v) is 14.6. The minimum Gasteiger partial charge on any atom is -0.465 e. The van der Waals surface area contributed by atoms with Gasteiger partial charge in [-0.3, -0.25) is 0 Å². The molecule has 3 heteroatoms. The Morgan fingerprint density at radius 1 is 1.21 bits per heavy atom. The van der Waals surface area contributed by atoms with Gasteiger partial charge in [0.2, 0.25) is 0 Å². The summed E-state index contributed by atoms with van der Waals surface area (Å²) in [4.78, 5) is 11.2. The fraction of sp³-hybridized carbons (Fsp3) is 0.381. The number of carbonyl (C=O) groups is 1. The Morgan fingerprint density at radius 2 is 1.96 bits per heavy atom. The maximum Gasteiger partial charge on any atom is 0.405 e. The van der Waals surface area contributed by atoms with E-state index in [9.17, 15) is 9.90 Å². The van der Waals surface area contributed by atoms with Crippen LogP contribution in [0, 0.1) is 5.41 Å². The predicted octanol–water partition coefficient (Wildman–Crippen LogP) is 5.20. The number of rotatable bonds is 3. The molecule has 0 bridgehead atoms. The Labute approximate surface area is 143 Å². The number of benzene rings is 2. The Hall–Kier alpha value is -2.29. The van der Waals surface area contributed by atoms with Crippen molar-refractivity contribution in [2.24, 2.45) is 5.41 Å². The third kappa shape index (κ3) is 3.16. The number of carboxylic acid groups (broad SMARTS) is 1. The van der Waals surface area contributed by atoms with Crippen LogP contribution in [0.3, 0.4) is 0 Å². The van der Waals surface area contributed by atoms with Crippen molar-refractivity contribution in [1.29, 1.82) is 0 Å². The molecule has 1 atom stereocenters. The largest absolute Gasteiger partial charge is 0.465 e. The fourth-order valence-electron chi connectivity index (χ4n) is 3.67. The lowest BCUT2D eigenvalue weighted by molar-refractivity contribution is 0.161. The summed E-state index contributed by atoms with van der Waals surface area (Å²) in [6.45, 7) is 6.43. The molecule has 0 unspecified atom stereocenters. The number of hydrogen-bond donors (Lipinski definition) is 2. The van der Waals surface area contributed by atoms with Crippen LogP contribution in [-0.2, 0) is 12.8 Å². The number of fused-ring (bicyclic) bond motifs is 1. The predicted molar refractivity (Wildman–Crippen MR) is 97.3 cm³/mol. The van der Waals surface area contributed by atoms with Crippen LogP contribution in [0.15, 0.2) is 42.5 Å². The maximum absolute atomic E-state index is 11.2. The highest BCUT2D eigenvalue weighted by molar-refractivity contribution is 5.68. The molecule has 3 rings (SSSR count). The molecule has 2 aromatic rings. The van der Waals surface area contributed by atoms with Crippen LogP contribution in [0.5, 0.6) is 0 Å². The highest BCUT2D eigenvalue weighted by atomic mass is 16.4. The van der Waals surface area contributed by atoms with E-state index in [-0.39, 0.29) is 11.5 Å². The Balaban J connectivity index is 2.00. The molecule has 0 saturated carbocycles. The average molecular weight is 323 g/mol. The van der Waals surface area contributed by atoms with E-state index in [1.807, 2.05) is 0 Å². The molecular weight excluding hydrogens is 298 g/mol. The van der Waals surface area contributed by atoms with Gasteiger partial charge in [0.1, 0.15) is 0 Å². The summed E-state index contributed by atoms with van der Waals surface area (Å²) >= 11 is 0. The quantitative estimate of drug-likeness (QED) is 0.816. The van der Waals surface area contributed by atoms with Crippen LogP contribution in [0.1, 0.15) is 49.9 Å². The highest BCUT2D eigenvalue weighted by Crippen LogP contribution is 2.44. The van der Waals surface area contributed by atoms with Gasteiger partial charge in [-0.1, -0.05) is 63.2 Å². The van der Waals surface area contributed by atoms with Crippen molar-refractivity contribution in [3.63, 3.8) is 0 Å². The van der Waals surface area contributed by atoms with Gasteiger partial charge in [0.15, 0.2) is 0 Å². The molecular formula is C21H25NO2. The topological polar surface area (TPSA) is 49.3 Å². The van der Waals surface area contributed by atoms with E-state index >= 15 is 0 Å². The smallest absolute Gasteiger partial charge is 0.405 e. The Kier molecular flexibility index (Phi) is 4.35. The minimum absolute atomic E-state index is 0.0744. The van der Waals surface area contributed by atoms with Crippen LogP contribution < -0.4 is 5.32 Å². The Morgan fingerprint density at radius 3 is 2.67 bits per heavy atom. The molecule has 2 aromatic carbocycles. The lowest BCUT2D eigenvalue weighted by Crippen LogP contribution is -2.40. The molecule has 0 radical (unpaired) electrons. The molecule has 126 valence electrons. The van der Waals surface area contributed by atoms with E-state index in [2.05, 4.69) is 68.6 Å². The third-order valence-corrected chi connectivity index (χ3v) is 5.21. The molecule has 0 fully saturated rings. The van der Waals surface area contributed by atoms with E-state index in [0.29, 0.717) is 0 Å². The van der Waals surface area contributed by atoms with Gasteiger partial charge < -0.3 is 10.4 Å². The SMILES string of the molecule is CCc1cccc(-c2ccc3c(c2)CCC(C)(C)[C@H]3NC(=O)O)c1. The van der Waals surface area contributed by atoms with Gasteiger partial charge >= 0.3 is 6.09 Å². The summed E-state index contributed by atoms with van der Waals surface area (Å²) in [5, 5.41) is 11.9. The lowest BCUT2D eigenvalue weighted by atomic mass is 9.70. The van der Waals surface area contributed by atoms with Crippen molar-refractivity contribution >= 4 is 6.09 Å². The normalized spacial score (nSPS) is 18.7. The zero-order chi connectivity index (χ0) is 17.3. The van der Waals surface area contributed by atoms with E-state index in [1.165, 1.54) is 22.3 Å². The molecule has 1 aliphatic rings. The van der Waals surface area contributed by atoms with Gasteiger partial charge in [0, 0.05) is 0 Å². The van der Waals surface area contributed by atoms with Gasteiger partial charge in [-0.2, -0.15) is 0 Å². The molecule has 1 aliphatic carbocycles. The second-order valence-corrected chi connectivity index (χ2v) is 7.34. The fourth-order valence-corrected chi connectivity index (χ4v) is 3.67. The second kappa shape index (κ2) is 6.31.